The summed E-state index contributed by atoms with van der Waals surface area (Å²) in [6.45, 7) is 1.14. The van der Waals surface area contributed by atoms with Gasteiger partial charge in [0.15, 0.2) is 5.78 Å². The number of benzene rings is 1. The fourth-order valence-electron chi connectivity index (χ4n) is 1.70. The predicted molar refractivity (Wildman–Crippen MR) is 59.1 cm³/mol. The van der Waals surface area contributed by atoms with Crippen molar-refractivity contribution in [1.82, 2.24) is 0 Å². The average Bonchev–Trinajstić information content (AvgIpc) is 2.74. The summed E-state index contributed by atoms with van der Waals surface area (Å²) in [4.78, 5) is 12.0. The number of Topliss-reactive ketones (excluding diaryl/α,β-unsaturated/α-hetero) is 1. The van der Waals surface area contributed by atoms with Gasteiger partial charge in [0.1, 0.15) is 0 Å². The van der Waals surface area contributed by atoms with Crippen molar-refractivity contribution < 1.29 is 9.53 Å². The van der Waals surface area contributed by atoms with Crippen LogP contribution in [0.2, 0.25) is 5.02 Å². The van der Waals surface area contributed by atoms with Gasteiger partial charge in [-0.1, -0.05) is 11.6 Å². The molecule has 0 saturated carbocycles. The van der Waals surface area contributed by atoms with E-state index in [9.17, 15) is 4.79 Å². The van der Waals surface area contributed by atoms with Crippen molar-refractivity contribution in [2.45, 2.75) is 6.42 Å². The number of hydrogen-bond acceptors (Lipinski definition) is 3. The molecule has 0 bridgehead atoms. The van der Waals surface area contributed by atoms with Gasteiger partial charge in [0, 0.05) is 28.8 Å². The molecule has 1 saturated heterocycles. The number of nitrogens with two attached hydrogens (primary N) is 1. The highest BCUT2D eigenvalue weighted by atomic mass is 35.5. The minimum absolute atomic E-state index is 0.0347. The lowest BCUT2D eigenvalue weighted by Crippen LogP contribution is -2.16. The Morgan fingerprint density at radius 1 is 1.53 bits per heavy atom. The molecule has 0 radical (unpaired) electrons. The summed E-state index contributed by atoms with van der Waals surface area (Å²) >= 11 is 5.83. The van der Waals surface area contributed by atoms with E-state index < -0.39 is 0 Å². The summed E-state index contributed by atoms with van der Waals surface area (Å²) in [7, 11) is 0. The zero-order chi connectivity index (χ0) is 10.8. The fourth-order valence-corrected chi connectivity index (χ4v) is 1.88. The van der Waals surface area contributed by atoms with Gasteiger partial charge in [0.25, 0.3) is 0 Å². The molecule has 1 heterocycles. The van der Waals surface area contributed by atoms with Crippen LogP contribution < -0.4 is 5.73 Å². The normalized spacial score (nSPS) is 20.5. The molecule has 1 aliphatic rings. The molecule has 0 aromatic heterocycles. The van der Waals surface area contributed by atoms with Gasteiger partial charge >= 0.3 is 0 Å². The Morgan fingerprint density at radius 3 is 3.00 bits per heavy atom. The van der Waals surface area contributed by atoms with Gasteiger partial charge in [-0.25, -0.2) is 0 Å². The fraction of sp³-hybridized carbons (Fsp3) is 0.364. The molecule has 2 N–H and O–H groups in total. The molecule has 80 valence electrons. The van der Waals surface area contributed by atoms with E-state index in [0.717, 1.165) is 6.42 Å². The van der Waals surface area contributed by atoms with Gasteiger partial charge in [0.2, 0.25) is 0 Å². The maximum Gasteiger partial charge on any atom is 0.170 e. The molecule has 2 rings (SSSR count). The third-order valence-electron chi connectivity index (χ3n) is 2.58. The highest BCUT2D eigenvalue weighted by molar-refractivity contribution is 6.31. The van der Waals surface area contributed by atoms with Crippen molar-refractivity contribution in [1.29, 1.82) is 0 Å². The van der Waals surface area contributed by atoms with Crippen LogP contribution in [0.25, 0.3) is 0 Å². The topological polar surface area (TPSA) is 52.3 Å². The van der Waals surface area contributed by atoms with Crippen LogP contribution in [0.5, 0.6) is 0 Å². The van der Waals surface area contributed by atoms with Crippen LogP contribution >= 0.6 is 11.6 Å². The van der Waals surface area contributed by atoms with E-state index in [-0.39, 0.29) is 11.7 Å². The van der Waals surface area contributed by atoms with Crippen LogP contribution in [-0.4, -0.2) is 19.0 Å². The smallest absolute Gasteiger partial charge is 0.170 e. The molecule has 1 aliphatic heterocycles. The second kappa shape index (κ2) is 4.21. The van der Waals surface area contributed by atoms with E-state index >= 15 is 0 Å². The minimum atomic E-state index is -0.0641. The lowest BCUT2D eigenvalue weighted by Gasteiger charge is -2.09. The van der Waals surface area contributed by atoms with E-state index in [1.165, 1.54) is 0 Å². The van der Waals surface area contributed by atoms with Gasteiger partial charge in [-0.15, -0.1) is 0 Å². The summed E-state index contributed by atoms with van der Waals surface area (Å²) in [5.41, 5.74) is 6.73. The Labute approximate surface area is 93.2 Å². The van der Waals surface area contributed by atoms with Crippen molar-refractivity contribution in [2.24, 2.45) is 5.92 Å². The molecule has 1 unspecified atom stereocenters. The summed E-state index contributed by atoms with van der Waals surface area (Å²) in [5, 5.41) is 0.534. The van der Waals surface area contributed by atoms with Crippen LogP contribution in [0.1, 0.15) is 16.8 Å². The number of nitrogen functional groups attached to an aromatic ring is 1. The zero-order valence-electron chi connectivity index (χ0n) is 8.20. The first kappa shape index (κ1) is 10.5. The second-order valence-corrected chi connectivity index (χ2v) is 4.09. The van der Waals surface area contributed by atoms with Crippen LogP contribution in [0.3, 0.4) is 0 Å². The molecule has 15 heavy (non-hydrogen) atoms. The maximum atomic E-state index is 12.0. The van der Waals surface area contributed by atoms with Crippen molar-refractivity contribution >= 4 is 23.1 Å². The van der Waals surface area contributed by atoms with E-state index in [2.05, 4.69) is 0 Å². The van der Waals surface area contributed by atoms with Gasteiger partial charge in [-0.05, 0) is 24.6 Å². The average molecular weight is 226 g/mol. The molecule has 1 aromatic carbocycles. The third kappa shape index (κ3) is 2.13. The van der Waals surface area contributed by atoms with Crippen LogP contribution in [0.4, 0.5) is 5.69 Å². The van der Waals surface area contributed by atoms with E-state index in [0.29, 0.717) is 29.5 Å². The Kier molecular flexibility index (Phi) is 2.93. The molecule has 4 heteroatoms. The molecule has 0 spiro atoms. The summed E-state index contributed by atoms with van der Waals surface area (Å²) in [6.07, 6.45) is 0.769. The molecule has 0 amide bonds. The van der Waals surface area contributed by atoms with E-state index in [1.807, 2.05) is 0 Å². The van der Waals surface area contributed by atoms with Crippen molar-refractivity contribution in [3.8, 4) is 0 Å². The standard InChI is InChI=1S/C11H12ClNO2/c12-8-1-2-10(13)9(5-8)11(14)7-3-4-15-6-7/h1-2,5,7H,3-4,6,13H2. The second-order valence-electron chi connectivity index (χ2n) is 3.66. The summed E-state index contributed by atoms with van der Waals surface area (Å²) in [6, 6.07) is 4.96. The van der Waals surface area contributed by atoms with E-state index in [4.69, 9.17) is 22.1 Å². The molecule has 1 fully saturated rings. The number of halogens is 1. The Morgan fingerprint density at radius 2 is 2.33 bits per heavy atom. The SMILES string of the molecule is Nc1ccc(Cl)cc1C(=O)C1CCOC1. The molecule has 0 aliphatic carbocycles. The number of carbonyl (C=O) groups excluding carboxylic acids is 1. The van der Waals surface area contributed by atoms with Crippen LogP contribution in [-0.2, 0) is 4.74 Å². The lowest BCUT2D eigenvalue weighted by molar-refractivity contribution is 0.0901. The number of ether oxygens (including phenoxy) is 1. The highest BCUT2D eigenvalue weighted by Gasteiger charge is 2.25. The molecule has 3 nitrogen and oxygen atoms in total. The number of carbonyl (C=O) groups is 1. The van der Waals surface area contributed by atoms with Gasteiger partial charge in [0.05, 0.1) is 6.61 Å². The lowest BCUT2D eigenvalue weighted by atomic mass is 9.96. The highest BCUT2D eigenvalue weighted by Crippen LogP contribution is 2.24. The number of anilines is 1. The number of hydrogen-bond donors (Lipinski definition) is 1. The monoisotopic (exact) mass is 225 g/mol. The third-order valence-corrected chi connectivity index (χ3v) is 2.82. The molecule has 1 aromatic rings. The van der Waals surface area contributed by atoms with Gasteiger partial charge in [-0.3, -0.25) is 4.79 Å². The van der Waals surface area contributed by atoms with Crippen molar-refractivity contribution in [3.05, 3.63) is 28.8 Å². The zero-order valence-corrected chi connectivity index (χ0v) is 8.96. The van der Waals surface area contributed by atoms with Crippen LogP contribution in [0, 0.1) is 5.92 Å². The predicted octanol–water partition coefficient (Wildman–Crippen LogP) is 2.14. The first-order valence-electron chi connectivity index (χ1n) is 4.85. The molecule has 1 atom stereocenters. The van der Waals surface area contributed by atoms with Gasteiger partial charge < -0.3 is 10.5 Å². The van der Waals surface area contributed by atoms with Crippen molar-refractivity contribution in [2.75, 3.05) is 18.9 Å². The first-order chi connectivity index (χ1) is 7.18. The summed E-state index contributed by atoms with van der Waals surface area (Å²) < 4.78 is 5.18. The van der Waals surface area contributed by atoms with Gasteiger partial charge in [-0.2, -0.15) is 0 Å². The molecular formula is C11H12ClNO2. The number of rotatable bonds is 2. The minimum Gasteiger partial charge on any atom is -0.398 e. The van der Waals surface area contributed by atoms with Crippen LogP contribution in [0.15, 0.2) is 18.2 Å². The quantitative estimate of drug-likeness (QED) is 0.620. The Hall–Kier alpha value is -1.06. The summed E-state index contributed by atoms with van der Waals surface area (Å²) in [5.74, 6) is -0.0294. The largest absolute Gasteiger partial charge is 0.398 e. The van der Waals surface area contributed by atoms with Crippen molar-refractivity contribution in [3.63, 3.8) is 0 Å². The maximum absolute atomic E-state index is 12.0. The Balaban J connectivity index is 2.27. The number of ketones is 1. The van der Waals surface area contributed by atoms with E-state index in [1.54, 1.807) is 18.2 Å². The first-order valence-corrected chi connectivity index (χ1v) is 5.23. The molecular weight excluding hydrogens is 214 g/mol. The Bertz CT molecular complexity index is 386.